The fourth-order valence-electron chi connectivity index (χ4n) is 10.3. The van der Waals surface area contributed by atoms with Crippen molar-refractivity contribution >= 4 is 34.1 Å². The van der Waals surface area contributed by atoms with Gasteiger partial charge in [0.2, 0.25) is 0 Å². The predicted molar refractivity (Wildman–Crippen MR) is 282 cm³/mol. The molecule has 0 aliphatic carbocycles. The summed E-state index contributed by atoms with van der Waals surface area (Å²) >= 11 is 0. The summed E-state index contributed by atoms with van der Waals surface area (Å²) in [6.07, 6.45) is 1.05. The summed E-state index contributed by atoms with van der Waals surface area (Å²) in [4.78, 5) is 4.84. The summed E-state index contributed by atoms with van der Waals surface area (Å²) in [5.74, 6) is 0.774. The van der Waals surface area contributed by atoms with Crippen molar-refractivity contribution in [3.8, 4) is 22.3 Å². The monoisotopic (exact) mass is 851 g/mol. The van der Waals surface area contributed by atoms with Crippen LogP contribution in [0.1, 0.15) is 92.9 Å². The van der Waals surface area contributed by atoms with Gasteiger partial charge in [0.05, 0.1) is 0 Å². The van der Waals surface area contributed by atoms with Crippen LogP contribution in [0.5, 0.6) is 0 Å². The van der Waals surface area contributed by atoms with Crippen molar-refractivity contribution < 1.29 is 0 Å². The average Bonchev–Trinajstić information content (AvgIpc) is 3.26. The van der Waals surface area contributed by atoms with Gasteiger partial charge in [-0.25, -0.2) is 0 Å². The average molecular weight is 851 g/mol. The van der Waals surface area contributed by atoms with Gasteiger partial charge in [-0.2, -0.15) is 0 Å². The summed E-state index contributed by atoms with van der Waals surface area (Å²) in [5.41, 5.74) is 27.9. The minimum atomic E-state index is 0.251. The first-order valence-electron chi connectivity index (χ1n) is 23.5. The molecule has 0 N–H and O–H groups in total. The van der Waals surface area contributed by atoms with Gasteiger partial charge in [-0.3, -0.25) is 0 Å². The summed E-state index contributed by atoms with van der Waals surface area (Å²) in [7, 11) is 0. The number of hydrogen-bond acceptors (Lipinski definition) is 2. The first-order chi connectivity index (χ1) is 31.2. The predicted octanol–water partition coefficient (Wildman–Crippen LogP) is 18.2. The molecule has 0 aliphatic heterocycles. The van der Waals surface area contributed by atoms with Crippen LogP contribution in [0.15, 0.2) is 158 Å². The molecule has 0 bridgehead atoms. The maximum Gasteiger partial charge on any atom is 0.0467 e. The first-order valence-corrected chi connectivity index (χ1v) is 23.5. The van der Waals surface area contributed by atoms with Crippen LogP contribution in [0.4, 0.5) is 34.1 Å². The van der Waals surface area contributed by atoms with E-state index in [1.807, 2.05) is 0 Å². The Morgan fingerprint density at radius 1 is 0.308 bits per heavy atom. The normalized spacial score (nSPS) is 11.4. The van der Waals surface area contributed by atoms with Crippen LogP contribution < -0.4 is 9.80 Å². The molecule has 8 aromatic rings. The van der Waals surface area contributed by atoms with Gasteiger partial charge in [0.25, 0.3) is 0 Å². The minimum Gasteiger partial charge on any atom is -0.310 e. The number of hydrogen-bond donors (Lipinski definition) is 0. The lowest BCUT2D eigenvalue weighted by atomic mass is 9.84. The van der Waals surface area contributed by atoms with Gasteiger partial charge in [0, 0.05) is 40.0 Å². The quantitative estimate of drug-likeness (QED) is 0.121. The Morgan fingerprint density at radius 3 is 0.846 bits per heavy atom. The highest BCUT2D eigenvalue weighted by molar-refractivity contribution is 5.85. The fraction of sp³-hybridized carbons (Fsp3) is 0.238. The number of nitrogens with zero attached hydrogens (tertiary/aromatic N) is 2. The van der Waals surface area contributed by atoms with Gasteiger partial charge >= 0.3 is 0 Å². The number of aryl methyl sites for hydroxylation is 10. The zero-order valence-electron chi connectivity index (χ0n) is 40.8. The van der Waals surface area contributed by atoms with E-state index >= 15 is 0 Å². The molecule has 8 rings (SSSR count). The summed E-state index contributed by atoms with van der Waals surface area (Å²) in [6.45, 7) is 27.0. The SMILES string of the molecule is Cc1ccc(N(c2ccc(C(CC(C)C)c3ccc(N(c4ccc(C)cc4)c4cc(C)c(-c5c(C)cccc5C)c(C)c4)cc3)cc2)c2cc(C)c(-c3c(C)cccc3C)c(C)c2)cc1. The second-order valence-electron chi connectivity index (χ2n) is 19.1. The van der Waals surface area contributed by atoms with Crippen molar-refractivity contribution in [1.82, 2.24) is 0 Å². The van der Waals surface area contributed by atoms with Gasteiger partial charge in [-0.05, 0) is 232 Å². The first kappa shape index (κ1) is 44.9. The highest BCUT2D eigenvalue weighted by atomic mass is 15.1. The number of rotatable bonds is 12. The number of benzene rings is 8. The molecule has 65 heavy (non-hydrogen) atoms. The largest absolute Gasteiger partial charge is 0.310 e. The van der Waals surface area contributed by atoms with E-state index in [1.165, 1.54) is 100 Å². The van der Waals surface area contributed by atoms with Crippen molar-refractivity contribution in [2.24, 2.45) is 5.92 Å². The van der Waals surface area contributed by atoms with Crippen molar-refractivity contribution in [1.29, 1.82) is 0 Å². The molecule has 2 nitrogen and oxygen atoms in total. The van der Waals surface area contributed by atoms with Crippen molar-refractivity contribution in [3.63, 3.8) is 0 Å². The third-order valence-electron chi connectivity index (χ3n) is 13.4. The van der Waals surface area contributed by atoms with Gasteiger partial charge in [-0.15, -0.1) is 0 Å². The summed E-state index contributed by atoms with van der Waals surface area (Å²) < 4.78 is 0. The van der Waals surface area contributed by atoms with Gasteiger partial charge in [0.1, 0.15) is 0 Å². The molecule has 0 saturated heterocycles. The highest BCUT2D eigenvalue weighted by Crippen LogP contribution is 2.44. The molecule has 0 atom stereocenters. The van der Waals surface area contributed by atoms with Crippen LogP contribution in [-0.2, 0) is 0 Å². The van der Waals surface area contributed by atoms with Crippen LogP contribution in [0.25, 0.3) is 22.3 Å². The van der Waals surface area contributed by atoms with Gasteiger partial charge in [-0.1, -0.05) is 110 Å². The lowest BCUT2D eigenvalue weighted by molar-refractivity contribution is 0.541. The molecular weight excluding hydrogens is 785 g/mol. The Labute approximate surface area is 390 Å². The third kappa shape index (κ3) is 9.32. The van der Waals surface area contributed by atoms with Crippen LogP contribution in [0.3, 0.4) is 0 Å². The molecule has 0 radical (unpaired) electrons. The molecule has 0 unspecified atom stereocenters. The molecule has 2 heteroatoms. The van der Waals surface area contributed by atoms with Crippen molar-refractivity contribution in [2.75, 3.05) is 9.80 Å². The Balaban J connectivity index is 1.16. The van der Waals surface area contributed by atoms with E-state index in [4.69, 9.17) is 0 Å². The summed E-state index contributed by atoms with van der Waals surface area (Å²) in [5, 5.41) is 0. The standard InChI is InChI=1S/C63H66N2/c1-40(2)35-59(51-23-31-55(32-24-51)64(53-27-19-41(3)20-28-53)57-36-47(9)62(48(10)37-57)60-43(5)15-13-16-44(60)6)52-25-33-56(34-26-52)65(54-29-21-42(4)22-30-54)58-38-49(11)63(50(12)39-58)61-45(7)17-14-18-46(61)8/h13-34,36-40,59H,35H2,1-12H3. The summed E-state index contributed by atoms with van der Waals surface area (Å²) in [6, 6.07) is 59.3. The minimum absolute atomic E-state index is 0.251. The van der Waals surface area contributed by atoms with E-state index in [-0.39, 0.29) is 5.92 Å². The third-order valence-corrected chi connectivity index (χ3v) is 13.4. The van der Waals surface area contributed by atoms with E-state index in [2.05, 4.69) is 251 Å². The van der Waals surface area contributed by atoms with Crippen molar-refractivity contribution in [3.05, 3.63) is 224 Å². The molecular formula is C63H66N2. The zero-order chi connectivity index (χ0) is 46.1. The molecule has 328 valence electrons. The molecule has 0 aliphatic rings. The fourth-order valence-corrected chi connectivity index (χ4v) is 10.3. The molecule has 0 amide bonds. The topological polar surface area (TPSA) is 6.48 Å². The molecule has 0 saturated carbocycles. The Kier molecular flexibility index (Phi) is 13.0. The highest BCUT2D eigenvalue weighted by Gasteiger charge is 2.22. The van der Waals surface area contributed by atoms with E-state index in [1.54, 1.807) is 0 Å². The molecule has 8 aromatic carbocycles. The molecule has 0 aromatic heterocycles. The Morgan fingerprint density at radius 2 is 0.569 bits per heavy atom. The zero-order valence-corrected chi connectivity index (χ0v) is 40.8. The second kappa shape index (κ2) is 18.8. The van der Waals surface area contributed by atoms with Crippen molar-refractivity contribution in [2.45, 2.75) is 95.4 Å². The van der Waals surface area contributed by atoms with Gasteiger partial charge < -0.3 is 9.80 Å². The van der Waals surface area contributed by atoms with E-state index < -0.39 is 0 Å². The lowest BCUT2D eigenvalue weighted by Gasteiger charge is -2.29. The van der Waals surface area contributed by atoms with Crippen LogP contribution in [0.2, 0.25) is 0 Å². The maximum absolute atomic E-state index is 2.42. The smallest absolute Gasteiger partial charge is 0.0467 e. The van der Waals surface area contributed by atoms with Gasteiger partial charge in [0.15, 0.2) is 0 Å². The maximum atomic E-state index is 2.42. The van der Waals surface area contributed by atoms with E-state index in [0.717, 1.165) is 29.2 Å². The van der Waals surface area contributed by atoms with Crippen LogP contribution in [0, 0.1) is 75.2 Å². The Hall–Kier alpha value is -6.64. The Bertz CT molecular complexity index is 2660. The molecule has 0 fully saturated rings. The van der Waals surface area contributed by atoms with E-state index in [0.29, 0.717) is 5.92 Å². The second-order valence-corrected chi connectivity index (χ2v) is 19.1. The van der Waals surface area contributed by atoms with Crippen LogP contribution in [-0.4, -0.2) is 0 Å². The lowest BCUT2D eigenvalue weighted by Crippen LogP contribution is -2.12. The number of anilines is 6. The molecule has 0 heterocycles. The molecule has 0 spiro atoms. The van der Waals surface area contributed by atoms with Crippen LogP contribution >= 0.6 is 0 Å². The van der Waals surface area contributed by atoms with E-state index in [9.17, 15) is 0 Å².